The molecule has 0 heterocycles. The minimum atomic E-state index is 0. The minimum Gasteiger partial charge on any atom is 0 e. The Kier molecular flexibility index (Phi) is 628. The molecular formula is H12Ge3V5. The van der Waals surface area contributed by atoms with E-state index in [1.54, 1.807) is 0 Å². The molecule has 0 aromatic heterocycles. The van der Waals surface area contributed by atoms with Gasteiger partial charge in [0.05, 0.1) is 0 Å². The molecule has 49 valence electrons. The van der Waals surface area contributed by atoms with Gasteiger partial charge in [0.25, 0.3) is 0 Å². The Morgan fingerprint density at radius 3 is 0.250 bits per heavy atom. The van der Waals surface area contributed by atoms with Gasteiger partial charge in [0.15, 0.2) is 0 Å². The normalized spacial score (nSPS) is 0. The van der Waals surface area contributed by atoms with Gasteiger partial charge in [-0.3, -0.25) is 0 Å². The van der Waals surface area contributed by atoms with Crippen LogP contribution in [0.2, 0.25) is 0 Å². The molecule has 0 amide bonds. The first kappa shape index (κ1) is 80.9. The van der Waals surface area contributed by atoms with Crippen LogP contribution in [0.25, 0.3) is 0 Å². The molecule has 0 N–H and O–H groups in total. The molecule has 0 unspecified atom stereocenters. The van der Waals surface area contributed by atoms with Crippen LogP contribution >= 0.6 is 0 Å². The quantitative estimate of drug-likeness (QED) is 0.305. The molecule has 0 saturated heterocycles. The van der Waals surface area contributed by atoms with Crippen molar-refractivity contribution in [1.29, 1.82) is 0 Å². The van der Waals surface area contributed by atoms with Crippen molar-refractivity contribution in [2.45, 2.75) is 0 Å². The predicted molar refractivity (Wildman–Crippen MR) is 34.0 cm³/mol. The summed E-state index contributed by atoms with van der Waals surface area (Å²) in [5.41, 5.74) is 0. The molecule has 0 saturated carbocycles. The first-order chi connectivity index (χ1) is 0. The van der Waals surface area contributed by atoms with Gasteiger partial charge in [0.1, 0.15) is 0 Å². The van der Waals surface area contributed by atoms with E-state index >= 15 is 0 Å². The van der Waals surface area contributed by atoms with Crippen LogP contribution in [-0.2, 0) is 92.8 Å². The maximum absolute atomic E-state index is 0. The third-order valence-corrected chi connectivity index (χ3v) is 0. The molecule has 0 aliphatic rings. The van der Waals surface area contributed by atoms with E-state index in [1.807, 2.05) is 0 Å². The molecule has 8 heteroatoms. The second kappa shape index (κ2) is 62.1. The van der Waals surface area contributed by atoms with Crippen LogP contribution in [0.5, 0.6) is 0 Å². The largest absolute Gasteiger partial charge is 0 e. The van der Waals surface area contributed by atoms with E-state index in [0.717, 1.165) is 0 Å². The molecule has 0 fully saturated rings. The third kappa shape index (κ3) is 46.5. The second-order valence-electron chi connectivity index (χ2n) is 0. The Balaban J connectivity index is 0. The smallest absolute Gasteiger partial charge is 0 e. The average Bonchev–Trinajstić information content (AvgIpc) is 0. The third-order valence-electron chi connectivity index (χ3n) is 0. The van der Waals surface area contributed by atoms with Gasteiger partial charge >= 0.3 is 52.8 Å². The van der Waals surface area contributed by atoms with Crippen molar-refractivity contribution >= 4 is 52.8 Å². The standard InChI is InChI=1S/3GeH4.5V/h3*1H4;;;;;. The van der Waals surface area contributed by atoms with E-state index in [1.165, 1.54) is 0 Å². The van der Waals surface area contributed by atoms with Gasteiger partial charge in [-0.1, -0.05) is 0 Å². The SMILES string of the molecule is [GeH4].[GeH4].[GeH4].[V].[V].[V].[V].[V]. The Labute approximate surface area is 143 Å². The van der Waals surface area contributed by atoms with E-state index in [2.05, 4.69) is 0 Å². The van der Waals surface area contributed by atoms with Crippen LogP contribution in [0, 0.1) is 0 Å². The maximum Gasteiger partial charge on any atom is 0 e. The van der Waals surface area contributed by atoms with Crippen LogP contribution in [0.15, 0.2) is 0 Å². The Hall–Kier alpha value is 4.55. The van der Waals surface area contributed by atoms with Crippen LogP contribution < -0.4 is 0 Å². The average molecular weight is 485 g/mol. The van der Waals surface area contributed by atoms with Gasteiger partial charge in [-0.15, -0.1) is 0 Å². The van der Waals surface area contributed by atoms with E-state index in [4.69, 9.17) is 0 Å². The fourth-order valence-electron chi connectivity index (χ4n) is 0. The van der Waals surface area contributed by atoms with Gasteiger partial charge in [-0.05, 0) is 0 Å². The summed E-state index contributed by atoms with van der Waals surface area (Å²) in [6.07, 6.45) is 0. The first-order valence-electron chi connectivity index (χ1n) is 0. The zero-order chi connectivity index (χ0) is 0. The summed E-state index contributed by atoms with van der Waals surface area (Å²) in [6, 6.07) is 0. The summed E-state index contributed by atoms with van der Waals surface area (Å²) in [7, 11) is 0. The molecule has 0 spiro atoms. The van der Waals surface area contributed by atoms with E-state index in [0.29, 0.717) is 0 Å². The van der Waals surface area contributed by atoms with Gasteiger partial charge in [-0.25, -0.2) is 0 Å². The van der Waals surface area contributed by atoms with E-state index in [9.17, 15) is 0 Å². The zero-order valence-corrected chi connectivity index (χ0v) is 9.22. The number of hydrogen-bond donors (Lipinski definition) is 0. The van der Waals surface area contributed by atoms with Crippen molar-refractivity contribution < 1.29 is 92.8 Å². The second-order valence-corrected chi connectivity index (χ2v) is 0. The van der Waals surface area contributed by atoms with Crippen molar-refractivity contribution in [3.8, 4) is 0 Å². The summed E-state index contributed by atoms with van der Waals surface area (Å²) >= 11 is 0. The molecule has 0 aromatic carbocycles. The first-order valence-corrected chi connectivity index (χ1v) is 0. The molecule has 0 nitrogen and oxygen atoms in total. The summed E-state index contributed by atoms with van der Waals surface area (Å²) in [5, 5.41) is 0. The number of rotatable bonds is 0. The molecule has 0 aliphatic carbocycles. The Bertz CT molecular complexity index is 7.64. The molecule has 0 atom stereocenters. The van der Waals surface area contributed by atoms with Crippen LogP contribution in [0.3, 0.4) is 0 Å². The molecule has 0 aromatic rings. The topological polar surface area (TPSA) is 0 Å². The fraction of sp³-hybridized carbons (Fsp3) is 0. The van der Waals surface area contributed by atoms with Gasteiger partial charge in [-0.2, -0.15) is 0 Å². The molecule has 5 radical (unpaired) electrons. The van der Waals surface area contributed by atoms with Crippen molar-refractivity contribution in [2.75, 3.05) is 0 Å². The van der Waals surface area contributed by atoms with E-state index in [-0.39, 0.29) is 146 Å². The van der Waals surface area contributed by atoms with E-state index < -0.39 is 0 Å². The van der Waals surface area contributed by atoms with Crippen molar-refractivity contribution in [2.24, 2.45) is 0 Å². The predicted octanol–water partition coefficient (Wildman–Crippen LogP) is -4.37. The van der Waals surface area contributed by atoms with Gasteiger partial charge in [0.2, 0.25) is 0 Å². The molecule has 0 rings (SSSR count). The van der Waals surface area contributed by atoms with Gasteiger partial charge in [0, 0.05) is 92.8 Å². The molecule has 0 aliphatic heterocycles. The van der Waals surface area contributed by atoms with Crippen LogP contribution in [0.4, 0.5) is 0 Å². The van der Waals surface area contributed by atoms with Crippen LogP contribution in [0.1, 0.15) is 0 Å². The zero-order valence-electron chi connectivity index (χ0n) is 2.24. The van der Waals surface area contributed by atoms with Crippen molar-refractivity contribution in [3.63, 3.8) is 0 Å². The monoisotopic (exact) mass is 489 g/mol. The fourth-order valence-corrected chi connectivity index (χ4v) is 0. The molecule has 0 bridgehead atoms. The maximum atomic E-state index is 0. The summed E-state index contributed by atoms with van der Waals surface area (Å²) < 4.78 is 0. The summed E-state index contributed by atoms with van der Waals surface area (Å²) in [4.78, 5) is 0. The molecule has 8 heavy (non-hydrogen) atoms. The summed E-state index contributed by atoms with van der Waals surface area (Å²) in [6.45, 7) is 0. The van der Waals surface area contributed by atoms with Gasteiger partial charge < -0.3 is 0 Å². The minimum absolute atomic E-state index is 0. The summed E-state index contributed by atoms with van der Waals surface area (Å²) in [5.74, 6) is 0. The van der Waals surface area contributed by atoms with Crippen LogP contribution in [-0.4, -0.2) is 52.8 Å². The Morgan fingerprint density at radius 1 is 0.250 bits per heavy atom. The Morgan fingerprint density at radius 2 is 0.250 bits per heavy atom. The van der Waals surface area contributed by atoms with Crippen molar-refractivity contribution in [1.82, 2.24) is 0 Å². The van der Waals surface area contributed by atoms with Crippen molar-refractivity contribution in [3.05, 3.63) is 0 Å². The number of hydrogen-bond acceptors (Lipinski definition) is 0. The molecular weight excluding hydrogens is 473 g/mol.